The molecule has 5 aromatic rings. The van der Waals surface area contributed by atoms with Gasteiger partial charge in [0.15, 0.2) is 0 Å². The molecule has 4 heterocycles. The summed E-state index contributed by atoms with van der Waals surface area (Å²) in [7, 11) is 1.87. The molecule has 1 fully saturated rings. The smallest absolute Gasteiger partial charge is 0.317 e. The molecule has 4 aliphatic rings. The number of hydrogen-bond donors (Lipinski definition) is 1. The van der Waals surface area contributed by atoms with E-state index in [0.29, 0.717) is 44.2 Å². The van der Waals surface area contributed by atoms with E-state index in [9.17, 15) is 14.4 Å². The van der Waals surface area contributed by atoms with E-state index in [1.807, 2.05) is 108 Å². The molecule has 1 aliphatic carbocycles. The Morgan fingerprint density at radius 1 is 0.750 bits per heavy atom. The normalized spacial score (nSPS) is 15.7. The first kappa shape index (κ1) is 50.1. The van der Waals surface area contributed by atoms with Gasteiger partial charge in [-0.3, -0.25) is 34.0 Å². The molecule has 0 saturated carbocycles. The first-order valence-corrected chi connectivity index (χ1v) is 25.5. The molecular weight excluding hydrogens is 911 g/mol. The summed E-state index contributed by atoms with van der Waals surface area (Å²) in [5, 5.41) is 17.4. The van der Waals surface area contributed by atoms with Gasteiger partial charge in [-0.15, -0.1) is 5.10 Å². The summed E-state index contributed by atoms with van der Waals surface area (Å²) in [5.74, 6) is -0.241. The number of likely N-dealkylation sites (N-methyl/N-ethyl adjacent to an activating group) is 1. The van der Waals surface area contributed by atoms with Crippen molar-refractivity contribution in [3.05, 3.63) is 155 Å². The molecule has 1 aromatic heterocycles. The van der Waals surface area contributed by atoms with Crippen molar-refractivity contribution >= 4 is 34.2 Å². The highest BCUT2D eigenvalue weighted by Crippen LogP contribution is 2.37. The highest BCUT2D eigenvalue weighted by atomic mass is 16.5. The number of morpholine rings is 1. The van der Waals surface area contributed by atoms with Crippen LogP contribution in [0.2, 0.25) is 0 Å². The molecule has 2 amide bonds. The largest absolute Gasteiger partial charge is 0.491 e. The summed E-state index contributed by atoms with van der Waals surface area (Å²) in [5.41, 5.74) is 11.7. The van der Waals surface area contributed by atoms with Gasteiger partial charge in [-0.1, -0.05) is 117 Å². The molecule has 9 rings (SSSR count). The van der Waals surface area contributed by atoms with E-state index in [2.05, 4.69) is 50.3 Å². The van der Waals surface area contributed by atoms with Crippen molar-refractivity contribution in [3.8, 4) is 5.75 Å². The lowest BCUT2D eigenvalue weighted by Gasteiger charge is -2.32. The maximum absolute atomic E-state index is 13.8. The number of anilines is 1. The zero-order chi connectivity index (χ0) is 49.5. The van der Waals surface area contributed by atoms with E-state index in [-0.39, 0.29) is 36.9 Å². The number of imide groups is 1. The topological polar surface area (TPSA) is 158 Å². The van der Waals surface area contributed by atoms with Gasteiger partial charge in [0.2, 0.25) is 0 Å². The van der Waals surface area contributed by atoms with Crippen molar-refractivity contribution in [1.29, 1.82) is 0 Å². The molecule has 0 bridgehead atoms. The number of amides is 2. The lowest BCUT2D eigenvalue weighted by Crippen LogP contribution is -2.43. The summed E-state index contributed by atoms with van der Waals surface area (Å²) >= 11 is 0. The Balaban J connectivity index is 0.580. The molecule has 0 unspecified atom stereocenters. The monoisotopic (exact) mass is 977 g/mol. The van der Waals surface area contributed by atoms with Crippen LogP contribution in [-0.4, -0.2) is 107 Å². The van der Waals surface area contributed by atoms with E-state index in [1.54, 1.807) is 5.01 Å². The third-order valence-corrected chi connectivity index (χ3v) is 13.5. The molecule has 377 valence electrons. The average Bonchev–Trinajstić information content (AvgIpc) is 4.20. The zero-order valence-electron chi connectivity index (χ0n) is 41.3. The van der Waals surface area contributed by atoms with Crippen LogP contribution in [0.15, 0.2) is 121 Å². The van der Waals surface area contributed by atoms with Crippen LogP contribution in [0.4, 0.5) is 5.69 Å². The van der Waals surface area contributed by atoms with Crippen LogP contribution in [0.5, 0.6) is 5.75 Å². The maximum atomic E-state index is 13.8. The fraction of sp³-hybridized carbons (Fsp3) is 0.411. The van der Waals surface area contributed by atoms with Gasteiger partial charge in [0, 0.05) is 80.1 Å². The minimum absolute atomic E-state index is 0.164. The van der Waals surface area contributed by atoms with Crippen LogP contribution in [-0.2, 0) is 51.9 Å². The van der Waals surface area contributed by atoms with E-state index < -0.39 is 0 Å². The standard InChI is InChI=1S/C56H66N9O7/c1-61-47(39-65-54(66)50-16-12-15-49-52(62-29-31-69-32-30-62)26-25-51(53(49)50)55(65)67)38-64(60-61)28-11-7-5-3-2-4-6-10-27-63-37-46(58-59-63)41-70-33-34-71-48-23-21-43(22-24-48)36-57-35-42-17-19-44(20-18-42)40-72-56(68)45-13-8-9-14-45/h8-9,12-26,37-38,45,57H,2-7,10-11,27-36,39-41H2,1H3. The predicted octanol–water partition coefficient (Wildman–Crippen LogP) is 7.88. The summed E-state index contributed by atoms with van der Waals surface area (Å²) < 4.78 is 24.6. The number of esters is 1. The number of benzene rings is 4. The van der Waals surface area contributed by atoms with Gasteiger partial charge in [-0.25, -0.2) is 0 Å². The lowest BCUT2D eigenvalue weighted by molar-refractivity contribution is -0.146. The van der Waals surface area contributed by atoms with Crippen molar-refractivity contribution in [1.82, 2.24) is 40.8 Å². The molecule has 3 aliphatic heterocycles. The minimum atomic E-state index is -0.273. The molecule has 0 atom stereocenters. The van der Waals surface area contributed by atoms with E-state index in [0.717, 1.165) is 115 Å². The van der Waals surface area contributed by atoms with Gasteiger partial charge >= 0.3 is 5.97 Å². The average molecular weight is 977 g/mol. The summed E-state index contributed by atoms with van der Waals surface area (Å²) in [6.45, 7) is 7.69. The molecule has 4 aromatic carbocycles. The van der Waals surface area contributed by atoms with Crippen molar-refractivity contribution in [2.75, 3.05) is 64.6 Å². The van der Waals surface area contributed by atoms with Crippen LogP contribution in [0.25, 0.3) is 10.8 Å². The fourth-order valence-electron chi connectivity index (χ4n) is 9.45. The first-order valence-electron chi connectivity index (χ1n) is 25.5. The maximum Gasteiger partial charge on any atom is 0.317 e. The SMILES string of the molecule is CN1[N]N(CCCCCCCCCCn2cc(COCCOc3ccc(CNCc4ccc(COC(=O)C5C=CC=C5)cc4)cc3)nn2)C=C1CN1C(=O)c2cccc3c(N4CCOCC4)ccc(c23)C1=O. The highest BCUT2D eigenvalue weighted by molar-refractivity contribution is 6.27. The van der Waals surface area contributed by atoms with E-state index in [1.165, 1.54) is 30.6 Å². The molecule has 16 heteroatoms. The second kappa shape index (κ2) is 25.0. The van der Waals surface area contributed by atoms with Gasteiger partial charge in [0.1, 0.15) is 24.7 Å². The van der Waals surface area contributed by atoms with Crippen LogP contribution in [0, 0.1) is 5.92 Å². The van der Waals surface area contributed by atoms with Crippen LogP contribution >= 0.6 is 0 Å². The third kappa shape index (κ3) is 13.2. The number of aromatic nitrogens is 3. The van der Waals surface area contributed by atoms with Crippen molar-refractivity contribution < 1.29 is 33.3 Å². The summed E-state index contributed by atoms with van der Waals surface area (Å²) in [4.78, 5) is 43.4. The second-order valence-electron chi connectivity index (χ2n) is 18.7. The number of ether oxygens (including phenoxy) is 4. The molecule has 1 saturated heterocycles. The van der Waals surface area contributed by atoms with Crippen molar-refractivity contribution in [3.63, 3.8) is 0 Å². The second-order valence-corrected chi connectivity index (χ2v) is 18.7. The van der Waals surface area contributed by atoms with Gasteiger partial charge in [-0.05, 0) is 65.4 Å². The number of carbonyl (C=O) groups is 3. The number of hydrogen-bond acceptors (Lipinski definition) is 13. The summed E-state index contributed by atoms with van der Waals surface area (Å²) in [6.07, 6.45) is 20.4. The Morgan fingerprint density at radius 3 is 2.15 bits per heavy atom. The fourth-order valence-corrected chi connectivity index (χ4v) is 9.45. The number of aryl methyl sites for hydroxylation is 1. The predicted molar refractivity (Wildman–Crippen MR) is 274 cm³/mol. The Morgan fingerprint density at radius 2 is 1.42 bits per heavy atom. The zero-order valence-corrected chi connectivity index (χ0v) is 41.3. The van der Waals surface area contributed by atoms with E-state index in [4.69, 9.17) is 18.9 Å². The van der Waals surface area contributed by atoms with E-state index >= 15 is 0 Å². The Labute approximate surface area is 422 Å². The number of unbranched alkanes of at least 4 members (excludes halogenated alkanes) is 7. The van der Waals surface area contributed by atoms with Gasteiger partial charge in [0.05, 0.1) is 50.8 Å². The molecule has 0 spiro atoms. The van der Waals surface area contributed by atoms with Gasteiger partial charge in [0.25, 0.3) is 11.8 Å². The molecule has 16 nitrogen and oxygen atoms in total. The Hall–Kier alpha value is -6.85. The molecule has 1 radical (unpaired) electrons. The Bertz CT molecular complexity index is 2680. The van der Waals surface area contributed by atoms with Gasteiger partial charge in [-0.2, -0.15) is 0 Å². The number of allylic oxidation sites excluding steroid dienone is 2. The quantitative estimate of drug-likeness (QED) is 0.0308. The van der Waals surface area contributed by atoms with Crippen molar-refractivity contribution in [2.45, 2.75) is 84.2 Å². The number of carbonyl (C=O) groups excluding carboxylic acids is 3. The molecule has 1 N–H and O–H groups in total. The lowest BCUT2D eigenvalue weighted by atomic mass is 9.92. The van der Waals surface area contributed by atoms with Crippen LogP contribution < -0.4 is 20.5 Å². The van der Waals surface area contributed by atoms with Crippen LogP contribution in [0.3, 0.4) is 0 Å². The highest BCUT2D eigenvalue weighted by Gasteiger charge is 2.36. The number of nitrogens with zero attached hydrogens (tertiary/aromatic N) is 8. The summed E-state index contributed by atoms with van der Waals surface area (Å²) in [6, 6.07) is 25.8. The third-order valence-electron chi connectivity index (χ3n) is 13.5. The van der Waals surface area contributed by atoms with Gasteiger partial charge < -0.3 is 29.2 Å². The van der Waals surface area contributed by atoms with Crippen LogP contribution in [0.1, 0.15) is 94.5 Å². The van der Waals surface area contributed by atoms with Crippen molar-refractivity contribution in [2.24, 2.45) is 5.92 Å². The minimum Gasteiger partial charge on any atom is -0.491 e. The first-order chi connectivity index (χ1) is 35.4. The number of nitrogens with one attached hydrogen (secondary N) is 1. The molecular formula is C56H66N9O7. The number of rotatable bonds is 27. The molecule has 72 heavy (non-hydrogen) atoms. The Kier molecular flexibility index (Phi) is 17.4.